The Morgan fingerprint density at radius 2 is 1.71 bits per heavy atom. The van der Waals surface area contributed by atoms with Gasteiger partial charge in [-0.25, -0.2) is 4.98 Å². The van der Waals surface area contributed by atoms with Crippen molar-refractivity contribution in [1.29, 1.82) is 0 Å². The van der Waals surface area contributed by atoms with E-state index in [1.54, 1.807) is 12.1 Å². The highest BCUT2D eigenvalue weighted by Gasteiger charge is 2.17. The lowest BCUT2D eigenvalue weighted by Gasteiger charge is -2.14. The molecule has 0 unspecified atom stereocenters. The van der Waals surface area contributed by atoms with Gasteiger partial charge in [0.1, 0.15) is 17.2 Å². The van der Waals surface area contributed by atoms with Crippen molar-refractivity contribution in [1.82, 2.24) is 9.97 Å². The number of rotatable bonds is 7. The fraction of sp³-hybridized carbons (Fsp3) is 0.150. The van der Waals surface area contributed by atoms with Gasteiger partial charge < -0.3 is 24.6 Å². The number of nitrogens with one attached hydrogen (secondary N) is 1. The number of hydrogen-bond donors (Lipinski definition) is 3. The van der Waals surface area contributed by atoms with E-state index in [0.29, 0.717) is 23.1 Å². The number of anilines is 1. The number of halogens is 1. The van der Waals surface area contributed by atoms with Gasteiger partial charge in [0.2, 0.25) is 0 Å². The SMILES string of the molecule is Br.CC(C)Oc1cc(Oc2ccc(P(=O)(O)O)cc2)cc(C(=O)Nc2cnccn2)c1. The molecule has 0 spiro atoms. The van der Waals surface area contributed by atoms with E-state index < -0.39 is 13.5 Å². The zero-order valence-electron chi connectivity index (χ0n) is 16.6. The van der Waals surface area contributed by atoms with Crippen molar-refractivity contribution in [2.24, 2.45) is 0 Å². The van der Waals surface area contributed by atoms with Gasteiger partial charge in [-0.05, 0) is 50.2 Å². The molecule has 3 N–H and O–H groups in total. The molecule has 0 saturated heterocycles. The first-order valence-corrected chi connectivity index (χ1v) is 10.5. The molecule has 0 radical (unpaired) electrons. The number of benzene rings is 2. The van der Waals surface area contributed by atoms with Crippen molar-refractivity contribution in [2.75, 3.05) is 5.32 Å². The van der Waals surface area contributed by atoms with Gasteiger partial charge in [0, 0.05) is 24.0 Å². The molecule has 11 heteroatoms. The van der Waals surface area contributed by atoms with E-state index in [-0.39, 0.29) is 34.0 Å². The van der Waals surface area contributed by atoms with Crippen LogP contribution in [0.4, 0.5) is 5.82 Å². The molecule has 0 fully saturated rings. The van der Waals surface area contributed by atoms with Crippen molar-refractivity contribution in [2.45, 2.75) is 20.0 Å². The summed E-state index contributed by atoms with van der Waals surface area (Å²) in [7, 11) is -4.34. The van der Waals surface area contributed by atoms with Crippen LogP contribution in [0.1, 0.15) is 24.2 Å². The topological polar surface area (TPSA) is 131 Å². The molecule has 3 aromatic rings. The van der Waals surface area contributed by atoms with E-state index in [1.165, 1.54) is 48.9 Å². The van der Waals surface area contributed by atoms with Gasteiger partial charge in [-0.1, -0.05) is 0 Å². The Balaban J connectivity index is 0.00000341. The summed E-state index contributed by atoms with van der Waals surface area (Å²) in [6.45, 7) is 3.71. The number of aromatic nitrogens is 2. The second kappa shape index (κ2) is 10.5. The molecule has 164 valence electrons. The Morgan fingerprint density at radius 1 is 1.03 bits per heavy atom. The maximum Gasteiger partial charge on any atom is 0.356 e. The number of carbonyl (C=O) groups is 1. The summed E-state index contributed by atoms with van der Waals surface area (Å²) < 4.78 is 22.8. The van der Waals surface area contributed by atoms with Gasteiger partial charge in [-0.15, -0.1) is 17.0 Å². The summed E-state index contributed by atoms with van der Waals surface area (Å²) in [5, 5.41) is 2.53. The summed E-state index contributed by atoms with van der Waals surface area (Å²) in [4.78, 5) is 39.0. The fourth-order valence-corrected chi connectivity index (χ4v) is 3.04. The first-order chi connectivity index (χ1) is 14.2. The standard InChI is InChI=1S/C20H20N3O6P.BrH/c1-13(2)28-16-9-14(20(24)23-19-12-21-7-8-22-19)10-17(11-16)29-15-3-5-18(6-4-15)30(25,26)27;/h3-13H,1-2H3,(H,22,23,24)(H2,25,26,27);1H. The van der Waals surface area contributed by atoms with Crippen LogP contribution >= 0.6 is 24.6 Å². The normalized spacial score (nSPS) is 10.9. The second-order valence-electron chi connectivity index (χ2n) is 6.54. The highest BCUT2D eigenvalue weighted by molar-refractivity contribution is 8.93. The Kier molecular flexibility index (Phi) is 8.29. The minimum Gasteiger partial charge on any atom is -0.491 e. The zero-order chi connectivity index (χ0) is 21.7. The molecule has 0 aliphatic carbocycles. The predicted molar refractivity (Wildman–Crippen MR) is 121 cm³/mol. The van der Waals surface area contributed by atoms with E-state index in [0.717, 1.165) is 0 Å². The first-order valence-electron chi connectivity index (χ1n) is 8.94. The van der Waals surface area contributed by atoms with Gasteiger partial charge in [0.05, 0.1) is 17.6 Å². The smallest absolute Gasteiger partial charge is 0.356 e. The van der Waals surface area contributed by atoms with Crippen LogP contribution in [0, 0.1) is 0 Å². The molecule has 3 rings (SSSR count). The highest BCUT2D eigenvalue weighted by Crippen LogP contribution is 2.34. The van der Waals surface area contributed by atoms with Crippen LogP contribution in [0.3, 0.4) is 0 Å². The van der Waals surface area contributed by atoms with Crippen LogP contribution in [0.25, 0.3) is 0 Å². The molecule has 1 heterocycles. The molecule has 0 bridgehead atoms. The average Bonchev–Trinajstić information content (AvgIpc) is 2.68. The third-order valence-electron chi connectivity index (χ3n) is 3.73. The summed E-state index contributed by atoms with van der Waals surface area (Å²) >= 11 is 0. The average molecular weight is 510 g/mol. The Labute approximate surface area is 189 Å². The third-order valence-corrected chi connectivity index (χ3v) is 4.70. The van der Waals surface area contributed by atoms with Gasteiger partial charge in [0.15, 0.2) is 5.82 Å². The lowest BCUT2D eigenvalue weighted by molar-refractivity contribution is 0.102. The molecule has 1 amide bonds. The number of hydrogen-bond acceptors (Lipinski definition) is 6. The van der Waals surface area contributed by atoms with Crippen LogP contribution in [0.2, 0.25) is 0 Å². The highest BCUT2D eigenvalue weighted by atomic mass is 79.9. The van der Waals surface area contributed by atoms with Crippen molar-refractivity contribution >= 4 is 41.6 Å². The second-order valence-corrected chi connectivity index (χ2v) is 8.15. The van der Waals surface area contributed by atoms with Crippen LogP contribution in [0.5, 0.6) is 17.2 Å². The minimum atomic E-state index is -4.34. The van der Waals surface area contributed by atoms with E-state index in [9.17, 15) is 19.1 Å². The molecular formula is C20H21BrN3O6P. The fourth-order valence-electron chi connectivity index (χ4n) is 2.50. The molecule has 9 nitrogen and oxygen atoms in total. The van der Waals surface area contributed by atoms with Gasteiger partial charge >= 0.3 is 7.60 Å². The van der Waals surface area contributed by atoms with Crippen LogP contribution in [-0.4, -0.2) is 31.8 Å². The lowest BCUT2D eigenvalue weighted by atomic mass is 10.2. The Hall–Kier alpha value is -2.78. The summed E-state index contributed by atoms with van der Waals surface area (Å²) in [5.74, 6) is 0.966. The van der Waals surface area contributed by atoms with Crippen LogP contribution in [0.15, 0.2) is 61.1 Å². The first kappa shape index (κ1) is 24.5. The number of carbonyl (C=O) groups excluding carboxylic acids is 1. The summed E-state index contributed by atoms with van der Waals surface area (Å²) in [6.07, 6.45) is 4.26. The number of nitrogens with zero attached hydrogens (tertiary/aromatic N) is 2. The Morgan fingerprint density at radius 3 is 2.29 bits per heavy atom. The summed E-state index contributed by atoms with van der Waals surface area (Å²) in [5.41, 5.74) is 0.278. The molecule has 0 atom stereocenters. The van der Waals surface area contributed by atoms with Crippen LogP contribution in [-0.2, 0) is 4.57 Å². The van der Waals surface area contributed by atoms with E-state index in [4.69, 9.17) is 9.47 Å². The van der Waals surface area contributed by atoms with Crippen molar-refractivity contribution in [3.05, 3.63) is 66.6 Å². The number of amides is 1. The van der Waals surface area contributed by atoms with E-state index >= 15 is 0 Å². The van der Waals surface area contributed by atoms with Crippen molar-refractivity contribution < 1.29 is 28.6 Å². The monoisotopic (exact) mass is 509 g/mol. The predicted octanol–water partition coefficient (Wildman–Crippen LogP) is 3.69. The van der Waals surface area contributed by atoms with Gasteiger partial charge in [0.25, 0.3) is 5.91 Å². The Bertz CT molecular complexity index is 1070. The molecule has 0 aliphatic heterocycles. The maximum atomic E-state index is 12.6. The zero-order valence-corrected chi connectivity index (χ0v) is 19.2. The van der Waals surface area contributed by atoms with Gasteiger partial charge in [-0.2, -0.15) is 0 Å². The minimum absolute atomic E-state index is 0. The van der Waals surface area contributed by atoms with E-state index in [1.807, 2.05) is 13.8 Å². The molecular weight excluding hydrogens is 489 g/mol. The maximum absolute atomic E-state index is 12.6. The molecule has 0 saturated carbocycles. The van der Waals surface area contributed by atoms with Gasteiger partial charge in [-0.3, -0.25) is 14.3 Å². The molecule has 1 aromatic heterocycles. The quantitative estimate of drug-likeness (QED) is 0.411. The van der Waals surface area contributed by atoms with Crippen LogP contribution < -0.4 is 20.1 Å². The third kappa shape index (κ3) is 7.15. The van der Waals surface area contributed by atoms with Crippen molar-refractivity contribution in [3.8, 4) is 17.2 Å². The van der Waals surface area contributed by atoms with Crippen molar-refractivity contribution in [3.63, 3.8) is 0 Å². The number of ether oxygens (including phenoxy) is 2. The molecule has 0 aliphatic rings. The summed E-state index contributed by atoms with van der Waals surface area (Å²) in [6, 6.07) is 10.2. The largest absolute Gasteiger partial charge is 0.491 e. The molecule has 31 heavy (non-hydrogen) atoms. The molecule has 2 aromatic carbocycles. The van der Waals surface area contributed by atoms with E-state index in [2.05, 4.69) is 15.3 Å². The lowest BCUT2D eigenvalue weighted by Crippen LogP contribution is -2.14.